The minimum Gasteiger partial charge on any atom is -0.478 e. The first-order valence-corrected chi connectivity index (χ1v) is 11.5. The van der Waals surface area contributed by atoms with Crippen molar-refractivity contribution in [1.82, 2.24) is 9.55 Å². The molecule has 0 spiro atoms. The maximum Gasteiger partial charge on any atom is 0.494 e. The number of halogens is 1. The van der Waals surface area contributed by atoms with E-state index >= 15 is 4.39 Å². The van der Waals surface area contributed by atoms with Gasteiger partial charge >= 0.3 is 13.1 Å². The first-order chi connectivity index (χ1) is 16.0. The minimum absolute atomic E-state index is 0.0419. The summed E-state index contributed by atoms with van der Waals surface area (Å²) >= 11 is 0. The molecule has 34 heavy (non-hydrogen) atoms. The van der Waals surface area contributed by atoms with Crippen molar-refractivity contribution in [1.29, 1.82) is 0 Å². The zero-order valence-electron chi connectivity index (χ0n) is 19.8. The Morgan fingerprint density at radius 2 is 1.88 bits per heavy atom. The summed E-state index contributed by atoms with van der Waals surface area (Å²) in [4.78, 5) is 16.2. The second-order valence-corrected chi connectivity index (χ2v) is 10.0. The number of ether oxygens (including phenoxy) is 1. The molecule has 0 amide bonds. The van der Waals surface area contributed by atoms with Gasteiger partial charge in [-0.25, -0.2) is 14.2 Å². The summed E-state index contributed by atoms with van der Waals surface area (Å²) in [6, 6.07) is 9.86. The van der Waals surface area contributed by atoms with Crippen LogP contribution in [-0.2, 0) is 27.0 Å². The molecular weight excluding hydrogens is 438 g/mol. The van der Waals surface area contributed by atoms with Gasteiger partial charge in [0.1, 0.15) is 11.6 Å². The lowest BCUT2D eigenvalue weighted by atomic mass is 9.78. The lowest BCUT2D eigenvalue weighted by Crippen LogP contribution is -2.41. The van der Waals surface area contributed by atoms with Crippen LogP contribution in [0.1, 0.15) is 55.9 Å². The Bertz CT molecular complexity index is 1250. The number of nitrogens with zero attached hydrogens (tertiary/aromatic N) is 2. The van der Waals surface area contributed by atoms with Crippen LogP contribution in [0.4, 0.5) is 4.39 Å². The summed E-state index contributed by atoms with van der Waals surface area (Å²) in [5.41, 5.74) is 1.68. The highest BCUT2D eigenvalue weighted by Crippen LogP contribution is 2.36. The van der Waals surface area contributed by atoms with Gasteiger partial charge in [-0.05, 0) is 69.4 Å². The second-order valence-electron chi connectivity index (χ2n) is 10.0. The fourth-order valence-corrected chi connectivity index (χ4v) is 4.28. The minimum atomic E-state index is -1.000. The third kappa shape index (κ3) is 4.02. The van der Waals surface area contributed by atoms with Crippen LogP contribution in [0.3, 0.4) is 0 Å². The van der Waals surface area contributed by atoms with Crippen LogP contribution in [0.15, 0.2) is 36.4 Å². The van der Waals surface area contributed by atoms with Crippen molar-refractivity contribution in [3.05, 3.63) is 59.2 Å². The van der Waals surface area contributed by atoms with E-state index < -0.39 is 24.3 Å². The molecule has 178 valence electrons. The van der Waals surface area contributed by atoms with Crippen molar-refractivity contribution in [2.75, 3.05) is 6.61 Å². The standard InChI is InChI=1S/C25H28BFN2O5/c1-24(2)25(3,4)34-26(33-24)17-7-5-15(19(27)13-17)12-22-28-20-8-6-16(23(30)31)11-21(20)29(22)14-18-9-10-32-18/h5-8,11,13,18H,9-10,12,14H2,1-4H3,(H,30,31). The number of hydrogen-bond acceptors (Lipinski definition) is 5. The third-order valence-corrected chi connectivity index (χ3v) is 7.20. The van der Waals surface area contributed by atoms with Crippen LogP contribution in [0.5, 0.6) is 0 Å². The van der Waals surface area contributed by atoms with E-state index in [-0.39, 0.29) is 23.9 Å². The normalized spacial score (nSPS) is 21.1. The number of carboxylic acid groups (broad SMARTS) is 1. The molecular formula is C25H28BFN2O5. The highest BCUT2D eigenvalue weighted by atomic mass is 19.1. The third-order valence-electron chi connectivity index (χ3n) is 7.20. The first-order valence-electron chi connectivity index (χ1n) is 11.5. The highest BCUT2D eigenvalue weighted by Gasteiger charge is 2.51. The molecule has 5 rings (SSSR count). The van der Waals surface area contributed by atoms with E-state index in [1.54, 1.807) is 18.2 Å². The second kappa shape index (κ2) is 8.18. The van der Waals surface area contributed by atoms with E-state index in [4.69, 9.17) is 19.0 Å². The molecule has 2 aromatic carbocycles. The van der Waals surface area contributed by atoms with E-state index in [0.29, 0.717) is 41.0 Å². The molecule has 0 radical (unpaired) electrons. The van der Waals surface area contributed by atoms with Gasteiger partial charge in [0, 0.05) is 13.0 Å². The molecule has 3 heterocycles. The number of aromatic nitrogens is 2. The van der Waals surface area contributed by atoms with Gasteiger partial charge in [-0.2, -0.15) is 0 Å². The molecule has 9 heteroatoms. The zero-order chi connectivity index (χ0) is 24.3. The lowest BCUT2D eigenvalue weighted by molar-refractivity contribution is -0.0589. The Morgan fingerprint density at radius 1 is 1.18 bits per heavy atom. The van der Waals surface area contributed by atoms with Crippen LogP contribution in [0.2, 0.25) is 0 Å². The summed E-state index contributed by atoms with van der Waals surface area (Å²) < 4.78 is 34.9. The Labute approximate surface area is 198 Å². The zero-order valence-corrected chi connectivity index (χ0v) is 19.8. The molecule has 0 bridgehead atoms. The molecule has 0 aliphatic carbocycles. The lowest BCUT2D eigenvalue weighted by Gasteiger charge is -2.32. The first kappa shape index (κ1) is 23.0. The number of carbonyl (C=O) groups is 1. The van der Waals surface area contributed by atoms with Crippen LogP contribution in [0.25, 0.3) is 11.0 Å². The fourth-order valence-electron chi connectivity index (χ4n) is 4.28. The van der Waals surface area contributed by atoms with Gasteiger partial charge in [0.25, 0.3) is 0 Å². The molecule has 1 atom stereocenters. The van der Waals surface area contributed by atoms with Crippen molar-refractivity contribution in [3.8, 4) is 0 Å². The molecule has 2 aliphatic heterocycles. The molecule has 1 unspecified atom stereocenters. The molecule has 2 aliphatic rings. The van der Waals surface area contributed by atoms with Crippen LogP contribution in [0, 0.1) is 5.82 Å². The average molecular weight is 466 g/mol. The Balaban J connectivity index is 1.45. The van der Waals surface area contributed by atoms with Crippen molar-refractivity contribution in [3.63, 3.8) is 0 Å². The quantitative estimate of drug-likeness (QED) is 0.560. The Hall–Kier alpha value is -2.75. The fraction of sp³-hybridized carbons (Fsp3) is 0.440. The molecule has 2 fully saturated rings. The number of benzene rings is 2. The topological polar surface area (TPSA) is 82.8 Å². The maximum atomic E-state index is 15.2. The van der Waals surface area contributed by atoms with Gasteiger partial charge in [-0.3, -0.25) is 0 Å². The van der Waals surface area contributed by atoms with E-state index in [0.717, 1.165) is 6.42 Å². The highest BCUT2D eigenvalue weighted by molar-refractivity contribution is 6.62. The number of carboxylic acids is 1. The number of fused-ring (bicyclic) bond motifs is 1. The van der Waals surface area contributed by atoms with Gasteiger partial charge in [-0.15, -0.1) is 0 Å². The van der Waals surface area contributed by atoms with Crippen LogP contribution >= 0.6 is 0 Å². The summed E-state index contributed by atoms with van der Waals surface area (Å²) in [5, 5.41) is 9.41. The number of imidazole rings is 1. The molecule has 1 N–H and O–H groups in total. The van der Waals surface area contributed by atoms with Crippen molar-refractivity contribution >= 4 is 29.6 Å². The van der Waals surface area contributed by atoms with E-state index in [2.05, 4.69) is 0 Å². The van der Waals surface area contributed by atoms with Crippen molar-refractivity contribution < 1.29 is 28.3 Å². The van der Waals surface area contributed by atoms with Crippen LogP contribution in [-0.4, -0.2) is 51.7 Å². The Kier molecular flexibility index (Phi) is 5.54. The van der Waals surface area contributed by atoms with Crippen LogP contribution < -0.4 is 5.46 Å². The number of aromatic carboxylic acids is 1. The molecule has 7 nitrogen and oxygen atoms in total. The summed E-state index contributed by atoms with van der Waals surface area (Å²) in [7, 11) is -0.636. The smallest absolute Gasteiger partial charge is 0.478 e. The number of rotatable bonds is 6. The van der Waals surface area contributed by atoms with Crippen molar-refractivity contribution in [2.24, 2.45) is 0 Å². The van der Waals surface area contributed by atoms with Gasteiger partial charge in [0.05, 0.1) is 40.4 Å². The summed E-state index contributed by atoms with van der Waals surface area (Å²) in [5.74, 6) is -0.701. The molecule has 1 aromatic heterocycles. The monoisotopic (exact) mass is 466 g/mol. The predicted octanol–water partition coefficient (Wildman–Crippen LogP) is 3.55. The van der Waals surface area contributed by atoms with E-state index in [1.165, 1.54) is 12.1 Å². The summed E-state index contributed by atoms with van der Waals surface area (Å²) in [6.45, 7) is 9.10. The van der Waals surface area contributed by atoms with Crippen molar-refractivity contribution in [2.45, 2.75) is 64.4 Å². The molecule has 0 saturated carbocycles. The van der Waals surface area contributed by atoms with E-state index in [1.807, 2.05) is 38.3 Å². The van der Waals surface area contributed by atoms with Gasteiger partial charge in [0.15, 0.2) is 0 Å². The molecule has 3 aromatic rings. The SMILES string of the molecule is CC1(C)OB(c2ccc(Cc3nc4ccc(C(=O)O)cc4n3CC3CCO3)c(F)c2)OC1(C)C. The maximum absolute atomic E-state index is 15.2. The van der Waals surface area contributed by atoms with Gasteiger partial charge in [0.2, 0.25) is 0 Å². The van der Waals surface area contributed by atoms with Gasteiger partial charge in [-0.1, -0.05) is 12.1 Å². The van der Waals surface area contributed by atoms with E-state index in [9.17, 15) is 9.90 Å². The Morgan fingerprint density at radius 3 is 2.47 bits per heavy atom. The number of hydrogen-bond donors (Lipinski definition) is 1. The largest absolute Gasteiger partial charge is 0.494 e. The average Bonchev–Trinajstić information content (AvgIpc) is 3.18. The molecule has 2 saturated heterocycles. The predicted molar refractivity (Wildman–Crippen MR) is 126 cm³/mol. The van der Waals surface area contributed by atoms with Gasteiger partial charge < -0.3 is 23.7 Å². The summed E-state index contributed by atoms with van der Waals surface area (Å²) in [6.07, 6.45) is 1.23.